The molecule has 0 radical (unpaired) electrons. The molecule has 0 atom stereocenters. The van der Waals surface area contributed by atoms with E-state index in [1.54, 1.807) is 24.3 Å². The third-order valence-electron chi connectivity index (χ3n) is 3.40. The molecular formula is C17H19NO3. The maximum absolute atomic E-state index is 12.6. The summed E-state index contributed by atoms with van der Waals surface area (Å²) >= 11 is 0. The molecule has 0 fully saturated rings. The molecule has 1 N–H and O–H groups in total. The van der Waals surface area contributed by atoms with Crippen molar-refractivity contribution < 1.29 is 14.7 Å². The van der Waals surface area contributed by atoms with E-state index >= 15 is 0 Å². The van der Waals surface area contributed by atoms with Gasteiger partial charge in [0.15, 0.2) is 0 Å². The van der Waals surface area contributed by atoms with E-state index in [9.17, 15) is 9.59 Å². The Bertz CT molecular complexity index is 653. The van der Waals surface area contributed by atoms with Crippen LogP contribution >= 0.6 is 0 Å². The Morgan fingerprint density at radius 3 is 2.33 bits per heavy atom. The average Bonchev–Trinajstić information content (AvgIpc) is 2.82. The smallest absolute Gasteiger partial charge is 0.309 e. The summed E-state index contributed by atoms with van der Waals surface area (Å²) in [4.78, 5) is 23.5. The monoisotopic (exact) mass is 285 g/mol. The second kappa shape index (κ2) is 6.39. The molecule has 1 aromatic heterocycles. The van der Waals surface area contributed by atoms with Gasteiger partial charge >= 0.3 is 5.97 Å². The summed E-state index contributed by atoms with van der Waals surface area (Å²) in [6, 6.07) is 10.9. The minimum absolute atomic E-state index is 0.0683. The first-order valence-electron chi connectivity index (χ1n) is 7.04. The molecule has 0 amide bonds. The lowest BCUT2D eigenvalue weighted by molar-refractivity contribution is -0.136. The van der Waals surface area contributed by atoms with E-state index in [-0.39, 0.29) is 12.2 Å². The van der Waals surface area contributed by atoms with Gasteiger partial charge in [-0.05, 0) is 25.5 Å². The predicted molar refractivity (Wildman–Crippen MR) is 80.7 cm³/mol. The summed E-state index contributed by atoms with van der Waals surface area (Å²) in [6.07, 6.45) is 0.774. The Morgan fingerprint density at radius 1 is 1.10 bits per heavy atom. The lowest BCUT2D eigenvalue weighted by Gasteiger charge is -2.11. The second-order valence-corrected chi connectivity index (χ2v) is 5.13. The molecule has 0 aliphatic carbocycles. The van der Waals surface area contributed by atoms with Crippen LogP contribution in [-0.4, -0.2) is 21.4 Å². The van der Waals surface area contributed by atoms with E-state index in [1.165, 1.54) is 0 Å². The van der Waals surface area contributed by atoms with Gasteiger partial charge in [-0.3, -0.25) is 9.59 Å². The summed E-state index contributed by atoms with van der Waals surface area (Å²) in [5.41, 5.74) is 2.94. The summed E-state index contributed by atoms with van der Waals surface area (Å²) in [6.45, 7) is 4.62. The molecule has 4 nitrogen and oxygen atoms in total. The quantitative estimate of drug-likeness (QED) is 0.830. The highest BCUT2D eigenvalue weighted by Crippen LogP contribution is 2.16. The molecule has 21 heavy (non-hydrogen) atoms. The average molecular weight is 285 g/mol. The molecule has 1 aromatic carbocycles. The number of aromatic nitrogens is 1. The van der Waals surface area contributed by atoms with Crippen LogP contribution in [0.15, 0.2) is 36.4 Å². The molecule has 0 aliphatic heterocycles. The fourth-order valence-corrected chi connectivity index (χ4v) is 2.36. The van der Waals surface area contributed by atoms with Crippen molar-refractivity contribution in [2.45, 2.75) is 33.2 Å². The number of carboxylic acid groups (broad SMARTS) is 1. The summed E-state index contributed by atoms with van der Waals surface area (Å²) in [7, 11) is 0. The van der Waals surface area contributed by atoms with Crippen LogP contribution in [-0.2, 0) is 17.8 Å². The Hall–Kier alpha value is -2.36. The maximum atomic E-state index is 12.6. The zero-order valence-electron chi connectivity index (χ0n) is 12.3. The van der Waals surface area contributed by atoms with Gasteiger partial charge in [-0.1, -0.05) is 36.8 Å². The molecule has 2 aromatic rings. The third-order valence-corrected chi connectivity index (χ3v) is 3.40. The number of carbonyl (C=O) groups excluding carboxylic acids is 1. The SMILES string of the molecule is CCCn1c(CC(=O)O)ccc1C(=O)c1ccc(C)cc1. The topological polar surface area (TPSA) is 59.3 Å². The van der Waals surface area contributed by atoms with Crippen LogP contribution in [0.3, 0.4) is 0 Å². The van der Waals surface area contributed by atoms with Crippen LogP contribution in [0.4, 0.5) is 0 Å². The number of benzene rings is 1. The van der Waals surface area contributed by atoms with Crippen molar-refractivity contribution in [3.8, 4) is 0 Å². The molecule has 0 saturated heterocycles. The summed E-state index contributed by atoms with van der Waals surface area (Å²) in [5, 5.41) is 8.96. The lowest BCUT2D eigenvalue weighted by atomic mass is 10.1. The minimum atomic E-state index is -0.889. The van der Waals surface area contributed by atoms with E-state index in [2.05, 4.69) is 0 Å². The number of aliphatic carboxylic acids is 1. The van der Waals surface area contributed by atoms with Crippen LogP contribution in [0.5, 0.6) is 0 Å². The summed E-state index contributed by atoms with van der Waals surface area (Å²) in [5.74, 6) is -0.958. The predicted octanol–water partition coefficient (Wildman–Crippen LogP) is 3.06. The molecule has 0 bridgehead atoms. The van der Waals surface area contributed by atoms with Gasteiger partial charge in [-0.2, -0.15) is 0 Å². The van der Waals surface area contributed by atoms with Gasteiger partial charge in [-0.15, -0.1) is 0 Å². The fraction of sp³-hybridized carbons (Fsp3) is 0.294. The number of rotatable bonds is 6. The standard InChI is InChI=1S/C17H19NO3/c1-3-10-18-14(11-16(19)20)8-9-15(18)17(21)13-6-4-12(2)5-7-13/h4-9H,3,10-11H2,1-2H3,(H,19,20). The largest absolute Gasteiger partial charge is 0.481 e. The zero-order valence-corrected chi connectivity index (χ0v) is 12.3. The van der Waals surface area contributed by atoms with Gasteiger partial charge in [0.25, 0.3) is 0 Å². The van der Waals surface area contributed by atoms with Gasteiger partial charge < -0.3 is 9.67 Å². The van der Waals surface area contributed by atoms with Gasteiger partial charge in [0, 0.05) is 17.8 Å². The Labute approximate surface area is 124 Å². The fourth-order valence-electron chi connectivity index (χ4n) is 2.36. The first-order valence-corrected chi connectivity index (χ1v) is 7.04. The number of hydrogen-bond donors (Lipinski definition) is 1. The van der Waals surface area contributed by atoms with Crippen LogP contribution in [0.1, 0.15) is 40.7 Å². The zero-order chi connectivity index (χ0) is 15.4. The van der Waals surface area contributed by atoms with Crippen LogP contribution in [0, 0.1) is 6.92 Å². The molecule has 1 heterocycles. The maximum Gasteiger partial charge on any atom is 0.309 e. The molecule has 0 unspecified atom stereocenters. The van der Waals surface area contributed by atoms with Crippen molar-refractivity contribution in [3.05, 3.63) is 58.9 Å². The number of aryl methyl sites for hydroxylation is 1. The van der Waals surface area contributed by atoms with E-state index in [0.717, 1.165) is 12.0 Å². The number of carbonyl (C=O) groups is 2. The van der Waals surface area contributed by atoms with E-state index < -0.39 is 5.97 Å². The van der Waals surface area contributed by atoms with Crippen molar-refractivity contribution in [1.29, 1.82) is 0 Å². The van der Waals surface area contributed by atoms with Gasteiger partial charge in [-0.25, -0.2) is 0 Å². The number of carboxylic acids is 1. The molecular weight excluding hydrogens is 266 g/mol. The molecule has 0 saturated carbocycles. The van der Waals surface area contributed by atoms with Crippen molar-refractivity contribution in [1.82, 2.24) is 4.57 Å². The van der Waals surface area contributed by atoms with Gasteiger partial charge in [0.2, 0.25) is 5.78 Å². The van der Waals surface area contributed by atoms with Crippen molar-refractivity contribution in [2.24, 2.45) is 0 Å². The number of ketones is 1. The van der Waals surface area contributed by atoms with Crippen molar-refractivity contribution >= 4 is 11.8 Å². The minimum Gasteiger partial charge on any atom is -0.481 e. The van der Waals surface area contributed by atoms with Crippen LogP contribution in [0.2, 0.25) is 0 Å². The van der Waals surface area contributed by atoms with E-state index in [0.29, 0.717) is 23.5 Å². The highest BCUT2D eigenvalue weighted by atomic mass is 16.4. The molecule has 0 spiro atoms. The molecule has 2 rings (SSSR count). The van der Waals surface area contributed by atoms with Gasteiger partial charge in [0.1, 0.15) is 0 Å². The Balaban J connectivity index is 2.38. The van der Waals surface area contributed by atoms with Crippen LogP contribution < -0.4 is 0 Å². The first kappa shape index (κ1) is 15.0. The normalized spacial score (nSPS) is 10.6. The third kappa shape index (κ3) is 3.40. The highest BCUT2D eigenvalue weighted by molar-refractivity contribution is 6.08. The number of hydrogen-bond acceptors (Lipinski definition) is 2. The molecule has 110 valence electrons. The van der Waals surface area contributed by atoms with E-state index in [1.807, 2.05) is 30.5 Å². The number of nitrogens with zero attached hydrogens (tertiary/aromatic N) is 1. The lowest BCUT2D eigenvalue weighted by Crippen LogP contribution is -2.14. The molecule has 0 aliphatic rings. The second-order valence-electron chi connectivity index (χ2n) is 5.13. The van der Waals surface area contributed by atoms with Crippen molar-refractivity contribution in [3.63, 3.8) is 0 Å². The Kier molecular flexibility index (Phi) is 4.58. The van der Waals surface area contributed by atoms with Gasteiger partial charge in [0.05, 0.1) is 12.1 Å². The Morgan fingerprint density at radius 2 is 1.76 bits per heavy atom. The van der Waals surface area contributed by atoms with E-state index in [4.69, 9.17) is 5.11 Å². The molecule has 4 heteroatoms. The summed E-state index contributed by atoms with van der Waals surface area (Å²) < 4.78 is 1.82. The highest BCUT2D eigenvalue weighted by Gasteiger charge is 2.17. The van der Waals surface area contributed by atoms with Crippen molar-refractivity contribution in [2.75, 3.05) is 0 Å². The first-order chi connectivity index (χ1) is 10.0. The van der Waals surface area contributed by atoms with Crippen LogP contribution in [0.25, 0.3) is 0 Å².